The highest BCUT2D eigenvalue weighted by Gasteiger charge is 2.14. The number of nitrogens with zero attached hydrogens (tertiary/aromatic N) is 1. The Labute approximate surface area is 169 Å². The average molecular weight is 411 g/mol. The topological polar surface area (TPSA) is 45.8 Å². The third-order valence-electron chi connectivity index (χ3n) is 4.13. The summed E-state index contributed by atoms with van der Waals surface area (Å²) in [6.45, 7) is 0. The van der Waals surface area contributed by atoms with E-state index in [4.69, 9.17) is 16.6 Å². The number of thioether (sulfide) groups is 1. The van der Waals surface area contributed by atoms with Gasteiger partial charge in [-0.1, -0.05) is 54.1 Å². The SMILES string of the molecule is CS/C(=C\c1cccc(Cl)c1)c1nc2scc(-c3ccccc3)c2c(=O)[nH]1. The first kappa shape index (κ1) is 18.0. The number of aromatic nitrogens is 2. The molecule has 134 valence electrons. The van der Waals surface area contributed by atoms with Crippen molar-refractivity contribution in [3.05, 3.63) is 86.7 Å². The highest BCUT2D eigenvalue weighted by Crippen LogP contribution is 2.32. The fourth-order valence-corrected chi connectivity index (χ4v) is 4.56. The molecule has 6 heteroatoms. The van der Waals surface area contributed by atoms with E-state index in [2.05, 4.69) is 4.98 Å². The Hall–Kier alpha value is -2.34. The summed E-state index contributed by atoms with van der Waals surface area (Å²) < 4.78 is 0. The number of thiophene rings is 1. The van der Waals surface area contributed by atoms with Gasteiger partial charge in [0.2, 0.25) is 0 Å². The first-order chi connectivity index (χ1) is 13.2. The minimum atomic E-state index is -0.124. The molecule has 1 N–H and O–H groups in total. The van der Waals surface area contributed by atoms with Crippen molar-refractivity contribution in [1.82, 2.24) is 9.97 Å². The van der Waals surface area contributed by atoms with E-state index in [1.165, 1.54) is 23.1 Å². The van der Waals surface area contributed by atoms with Crippen LogP contribution < -0.4 is 5.56 Å². The molecule has 0 aliphatic carbocycles. The second-order valence-corrected chi connectivity index (χ2v) is 8.02. The monoisotopic (exact) mass is 410 g/mol. The maximum Gasteiger partial charge on any atom is 0.260 e. The molecule has 0 aliphatic heterocycles. The van der Waals surface area contributed by atoms with Gasteiger partial charge in [0.1, 0.15) is 10.7 Å². The first-order valence-electron chi connectivity index (χ1n) is 8.24. The van der Waals surface area contributed by atoms with E-state index in [0.29, 0.717) is 16.2 Å². The van der Waals surface area contributed by atoms with Crippen LogP contribution in [0, 0.1) is 0 Å². The lowest BCUT2D eigenvalue weighted by molar-refractivity contribution is 1.15. The van der Waals surface area contributed by atoms with Crippen LogP contribution in [-0.4, -0.2) is 16.2 Å². The Morgan fingerprint density at radius 2 is 2.00 bits per heavy atom. The number of hydrogen-bond acceptors (Lipinski definition) is 4. The molecule has 0 radical (unpaired) electrons. The molecule has 0 saturated heterocycles. The Balaban J connectivity index is 1.83. The lowest BCUT2D eigenvalue weighted by atomic mass is 10.1. The van der Waals surface area contributed by atoms with E-state index in [9.17, 15) is 4.79 Å². The molecule has 0 atom stereocenters. The predicted molar refractivity (Wildman–Crippen MR) is 119 cm³/mol. The molecule has 2 heterocycles. The van der Waals surface area contributed by atoms with Crippen molar-refractivity contribution in [2.45, 2.75) is 0 Å². The summed E-state index contributed by atoms with van der Waals surface area (Å²) in [5.74, 6) is 0.571. The zero-order chi connectivity index (χ0) is 18.8. The van der Waals surface area contributed by atoms with Gasteiger partial charge >= 0.3 is 0 Å². The number of aromatic amines is 1. The first-order valence-corrected chi connectivity index (χ1v) is 10.7. The van der Waals surface area contributed by atoms with Crippen molar-refractivity contribution in [3.63, 3.8) is 0 Å². The fraction of sp³-hybridized carbons (Fsp3) is 0.0476. The van der Waals surface area contributed by atoms with Gasteiger partial charge in [0.15, 0.2) is 0 Å². The summed E-state index contributed by atoms with van der Waals surface area (Å²) in [6.07, 6.45) is 3.94. The molecule has 2 aromatic heterocycles. The van der Waals surface area contributed by atoms with E-state index in [0.717, 1.165) is 26.4 Å². The van der Waals surface area contributed by atoms with Crippen molar-refractivity contribution >= 4 is 55.9 Å². The van der Waals surface area contributed by atoms with Crippen LogP contribution in [0.3, 0.4) is 0 Å². The maximum absolute atomic E-state index is 12.8. The molecule has 4 rings (SSSR count). The van der Waals surface area contributed by atoms with Crippen LogP contribution in [0.5, 0.6) is 0 Å². The normalized spacial score (nSPS) is 11.9. The number of benzene rings is 2. The summed E-state index contributed by atoms with van der Waals surface area (Å²) in [7, 11) is 0. The third-order valence-corrected chi connectivity index (χ3v) is 5.99. The summed E-state index contributed by atoms with van der Waals surface area (Å²) in [6, 6.07) is 17.5. The van der Waals surface area contributed by atoms with Gasteiger partial charge in [-0.25, -0.2) is 4.98 Å². The summed E-state index contributed by atoms with van der Waals surface area (Å²) in [4.78, 5) is 22.1. The van der Waals surface area contributed by atoms with Gasteiger partial charge in [-0.3, -0.25) is 4.79 Å². The molecule has 0 unspecified atom stereocenters. The minimum Gasteiger partial charge on any atom is -0.305 e. The highest BCUT2D eigenvalue weighted by molar-refractivity contribution is 8.07. The fourth-order valence-electron chi connectivity index (χ4n) is 2.87. The van der Waals surface area contributed by atoms with Crippen molar-refractivity contribution in [2.75, 3.05) is 6.26 Å². The molecule has 0 bridgehead atoms. The molecule has 2 aromatic carbocycles. The van der Waals surface area contributed by atoms with Crippen molar-refractivity contribution in [2.24, 2.45) is 0 Å². The summed E-state index contributed by atoms with van der Waals surface area (Å²) in [5.41, 5.74) is 2.77. The van der Waals surface area contributed by atoms with Crippen molar-refractivity contribution in [3.8, 4) is 11.1 Å². The predicted octanol–water partition coefficient (Wildman–Crippen LogP) is 6.17. The van der Waals surface area contributed by atoms with Crippen molar-refractivity contribution in [1.29, 1.82) is 0 Å². The quantitative estimate of drug-likeness (QED) is 0.437. The lowest BCUT2D eigenvalue weighted by Crippen LogP contribution is -2.10. The number of rotatable bonds is 4. The zero-order valence-corrected chi connectivity index (χ0v) is 16.8. The van der Waals surface area contributed by atoms with E-state index < -0.39 is 0 Å². The molecule has 27 heavy (non-hydrogen) atoms. The van der Waals surface area contributed by atoms with Crippen LogP contribution >= 0.6 is 34.7 Å². The Bertz CT molecular complexity index is 1200. The summed E-state index contributed by atoms with van der Waals surface area (Å²) >= 11 is 9.09. The second kappa shape index (κ2) is 7.72. The molecule has 0 spiro atoms. The molecule has 4 aromatic rings. The molecule has 0 fully saturated rings. The average Bonchev–Trinajstić information content (AvgIpc) is 3.11. The smallest absolute Gasteiger partial charge is 0.260 e. The molecule has 0 aliphatic rings. The molecular weight excluding hydrogens is 396 g/mol. The third kappa shape index (κ3) is 3.72. The molecule has 0 saturated carbocycles. The van der Waals surface area contributed by atoms with E-state index in [-0.39, 0.29) is 5.56 Å². The van der Waals surface area contributed by atoms with Crippen molar-refractivity contribution < 1.29 is 0 Å². The van der Waals surface area contributed by atoms with Crippen LogP contribution in [0.25, 0.3) is 32.3 Å². The Kier molecular flexibility index (Phi) is 5.16. The van der Waals surface area contributed by atoms with E-state index >= 15 is 0 Å². The van der Waals surface area contributed by atoms with Crippen LogP contribution in [0.2, 0.25) is 5.02 Å². The van der Waals surface area contributed by atoms with Gasteiger partial charge in [0, 0.05) is 16.0 Å². The standard InChI is InChI=1S/C21H15ClN2OS2/c1-26-17(11-13-6-5-9-15(22)10-13)19-23-20(25)18-16(12-27-21(18)24-19)14-7-3-2-4-8-14/h2-12H,1H3,(H,23,24,25)/b17-11-. The van der Waals surface area contributed by atoms with Crippen LogP contribution in [0.15, 0.2) is 64.8 Å². The van der Waals surface area contributed by atoms with Gasteiger partial charge in [0.25, 0.3) is 5.56 Å². The molecule has 3 nitrogen and oxygen atoms in total. The summed E-state index contributed by atoms with van der Waals surface area (Å²) in [5, 5.41) is 3.30. The van der Waals surface area contributed by atoms with Gasteiger partial charge in [-0.15, -0.1) is 23.1 Å². The number of nitrogens with one attached hydrogen (secondary N) is 1. The molecular formula is C21H15ClN2OS2. The largest absolute Gasteiger partial charge is 0.305 e. The van der Waals surface area contributed by atoms with E-state index in [1.54, 1.807) is 0 Å². The highest BCUT2D eigenvalue weighted by atomic mass is 35.5. The maximum atomic E-state index is 12.8. The van der Waals surface area contributed by atoms with Gasteiger partial charge in [-0.2, -0.15) is 0 Å². The van der Waals surface area contributed by atoms with Crippen LogP contribution in [0.1, 0.15) is 11.4 Å². The van der Waals surface area contributed by atoms with E-state index in [1.807, 2.05) is 72.3 Å². The lowest BCUT2D eigenvalue weighted by Gasteiger charge is -2.05. The minimum absolute atomic E-state index is 0.124. The van der Waals surface area contributed by atoms with Crippen LogP contribution in [-0.2, 0) is 0 Å². The van der Waals surface area contributed by atoms with Gasteiger partial charge in [0.05, 0.1) is 10.3 Å². The number of fused-ring (bicyclic) bond motifs is 1. The second-order valence-electron chi connectivity index (χ2n) is 5.88. The number of H-pyrrole nitrogens is 1. The number of halogens is 1. The number of hydrogen-bond donors (Lipinski definition) is 1. The van der Waals surface area contributed by atoms with Gasteiger partial charge in [-0.05, 0) is 35.6 Å². The zero-order valence-electron chi connectivity index (χ0n) is 14.4. The van der Waals surface area contributed by atoms with Gasteiger partial charge < -0.3 is 4.98 Å². The molecule has 0 amide bonds. The van der Waals surface area contributed by atoms with Crippen LogP contribution in [0.4, 0.5) is 0 Å². The Morgan fingerprint density at radius 1 is 1.19 bits per heavy atom. The Morgan fingerprint density at radius 3 is 2.74 bits per heavy atom.